The zero-order chi connectivity index (χ0) is 21.5. The summed E-state index contributed by atoms with van der Waals surface area (Å²) in [5, 5.41) is 4.71. The van der Waals surface area contributed by atoms with E-state index in [1.807, 2.05) is 27.5 Å². The van der Waals surface area contributed by atoms with E-state index in [-0.39, 0.29) is 23.4 Å². The van der Waals surface area contributed by atoms with Gasteiger partial charge in [-0.25, -0.2) is 0 Å². The van der Waals surface area contributed by atoms with Gasteiger partial charge in [-0.05, 0) is 65.9 Å². The fourth-order valence-corrected chi connectivity index (χ4v) is 4.72. The van der Waals surface area contributed by atoms with Gasteiger partial charge in [-0.2, -0.15) is 5.10 Å². The van der Waals surface area contributed by atoms with Gasteiger partial charge >= 0.3 is 0 Å². The van der Waals surface area contributed by atoms with Gasteiger partial charge in [0, 0.05) is 50.9 Å². The van der Waals surface area contributed by atoms with Crippen molar-refractivity contribution >= 4 is 11.8 Å². The van der Waals surface area contributed by atoms with Gasteiger partial charge in [-0.3, -0.25) is 19.2 Å². The topological polar surface area (TPSA) is 61.7 Å². The molecule has 0 N–H and O–H groups in total. The molecule has 1 unspecified atom stereocenters. The second kappa shape index (κ2) is 8.33. The summed E-state index contributed by atoms with van der Waals surface area (Å²) in [6.07, 6.45) is 5.84. The molecular weight excluding hydrogens is 378 g/mol. The summed E-state index contributed by atoms with van der Waals surface area (Å²) in [6.45, 7) is 13.0. The van der Waals surface area contributed by atoms with Crippen molar-refractivity contribution in [3.8, 4) is 0 Å². The van der Waals surface area contributed by atoms with Crippen molar-refractivity contribution < 1.29 is 9.59 Å². The zero-order valence-corrected chi connectivity index (χ0v) is 19.1. The summed E-state index contributed by atoms with van der Waals surface area (Å²) < 4.78 is 2.05. The molecule has 2 saturated heterocycles. The number of likely N-dealkylation sites (tertiary alicyclic amines) is 1. The first-order valence-electron chi connectivity index (χ1n) is 11.7. The molecule has 7 nitrogen and oxygen atoms in total. The van der Waals surface area contributed by atoms with Crippen molar-refractivity contribution in [2.24, 2.45) is 0 Å². The second-order valence-corrected chi connectivity index (χ2v) is 10.2. The maximum absolute atomic E-state index is 13.1. The molecule has 0 spiro atoms. The Balaban J connectivity index is 1.37. The molecule has 166 valence electrons. The Morgan fingerprint density at radius 1 is 0.967 bits per heavy atom. The van der Waals surface area contributed by atoms with Gasteiger partial charge in [0.1, 0.15) is 0 Å². The maximum Gasteiger partial charge on any atom is 0.274 e. The van der Waals surface area contributed by atoms with Gasteiger partial charge in [0.05, 0.1) is 11.6 Å². The summed E-state index contributed by atoms with van der Waals surface area (Å²) in [6, 6.07) is 1.90. The van der Waals surface area contributed by atoms with E-state index in [0.717, 1.165) is 39.0 Å². The van der Waals surface area contributed by atoms with E-state index in [4.69, 9.17) is 5.10 Å². The number of piperidine rings is 1. The Morgan fingerprint density at radius 2 is 1.60 bits per heavy atom. The number of aromatic nitrogens is 2. The zero-order valence-electron chi connectivity index (χ0n) is 19.1. The highest BCUT2D eigenvalue weighted by Crippen LogP contribution is 2.41. The SMILES string of the molecule is CC(C(=O)N1CCCCC1)N1CCN(C(=O)c2cc(C3CC3)n(C(C)(C)C)n2)CC1. The third kappa shape index (κ3) is 4.41. The summed E-state index contributed by atoms with van der Waals surface area (Å²) in [5.41, 5.74) is 1.64. The van der Waals surface area contributed by atoms with Crippen molar-refractivity contribution in [3.05, 3.63) is 17.5 Å². The second-order valence-electron chi connectivity index (χ2n) is 10.2. The van der Waals surface area contributed by atoms with Crippen LogP contribution in [0.5, 0.6) is 0 Å². The Bertz CT molecular complexity index is 778. The first-order valence-corrected chi connectivity index (χ1v) is 11.7. The molecule has 1 atom stereocenters. The third-order valence-electron chi connectivity index (χ3n) is 6.76. The number of nitrogens with zero attached hydrogens (tertiary/aromatic N) is 5. The Labute approximate surface area is 180 Å². The molecule has 1 aromatic heterocycles. The summed E-state index contributed by atoms with van der Waals surface area (Å²) in [4.78, 5) is 32.1. The van der Waals surface area contributed by atoms with Gasteiger partial charge in [-0.15, -0.1) is 0 Å². The largest absolute Gasteiger partial charge is 0.341 e. The molecule has 30 heavy (non-hydrogen) atoms. The number of hydrogen-bond donors (Lipinski definition) is 0. The highest BCUT2D eigenvalue weighted by molar-refractivity contribution is 5.92. The van der Waals surface area contributed by atoms with E-state index in [1.165, 1.54) is 25.0 Å². The predicted octanol–water partition coefficient (Wildman–Crippen LogP) is 2.67. The Hall–Kier alpha value is -1.89. The first-order chi connectivity index (χ1) is 14.3. The van der Waals surface area contributed by atoms with Crippen LogP contribution in [0.4, 0.5) is 0 Å². The lowest BCUT2D eigenvalue weighted by molar-refractivity contribution is -0.137. The van der Waals surface area contributed by atoms with Crippen molar-refractivity contribution in [3.63, 3.8) is 0 Å². The molecule has 4 rings (SSSR count). The standard InChI is InChI=1S/C23H37N5O2/c1-17(21(29)26-10-6-5-7-11-26)25-12-14-27(15-13-25)22(30)19-16-20(18-8-9-18)28(24-19)23(2,3)4/h16-18H,5-15H2,1-4H3. The minimum Gasteiger partial charge on any atom is -0.341 e. The van der Waals surface area contributed by atoms with E-state index in [1.54, 1.807) is 0 Å². The van der Waals surface area contributed by atoms with E-state index in [0.29, 0.717) is 24.7 Å². The van der Waals surface area contributed by atoms with Crippen molar-refractivity contribution in [2.45, 2.75) is 77.3 Å². The minimum absolute atomic E-state index is 0.0227. The van der Waals surface area contributed by atoms with E-state index >= 15 is 0 Å². The highest BCUT2D eigenvalue weighted by atomic mass is 16.2. The number of piperazine rings is 1. The monoisotopic (exact) mass is 415 g/mol. The lowest BCUT2D eigenvalue weighted by Gasteiger charge is -2.39. The molecule has 3 fully saturated rings. The van der Waals surface area contributed by atoms with Gasteiger partial charge in [0.15, 0.2) is 5.69 Å². The molecule has 0 radical (unpaired) electrons. The lowest BCUT2D eigenvalue weighted by atomic mass is 10.1. The smallest absolute Gasteiger partial charge is 0.274 e. The van der Waals surface area contributed by atoms with Crippen LogP contribution in [0.25, 0.3) is 0 Å². The molecule has 1 aliphatic carbocycles. The molecule has 3 aliphatic rings. The van der Waals surface area contributed by atoms with Crippen LogP contribution in [0.2, 0.25) is 0 Å². The molecule has 2 amide bonds. The average Bonchev–Trinajstić information content (AvgIpc) is 3.49. The highest BCUT2D eigenvalue weighted by Gasteiger charge is 2.35. The summed E-state index contributed by atoms with van der Waals surface area (Å²) >= 11 is 0. The summed E-state index contributed by atoms with van der Waals surface area (Å²) in [7, 11) is 0. The quantitative estimate of drug-likeness (QED) is 0.759. The maximum atomic E-state index is 13.1. The summed E-state index contributed by atoms with van der Waals surface area (Å²) in [5.74, 6) is 0.818. The molecular formula is C23H37N5O2. The number of hydrogen-bond acceptors (Lipinski definition) is 4. The van der Waals surface area contributed by atoms with Gasteiger partial charge < -0.3 is 9.80 Å². The fraction of sp³-hybridized carbons (Fsp3) is 0.783. The average molecular weight is 416 g/mol. The van der Waals surface area contributed by atoms with Crippen LogP contribution in [-0.2, 0) is 10.3 Å². The van der Waals surface area contributed by atoms with Crippen LogP contribution < -0.4 is 0 Å². The van der Waals surface area contributed by atoms with Crippen LogP contribution in [0.15, 0.2) is 6.07 Å². The molecule has 3 heterocycles. The molecule has 7 heteroatoms. The number of amides is 2. The Morgan fingerprint density at radius 3 is 2.17 bits per heavy atom. The molecule has 2 aliphatic heterocycles. The lowest BCUT2D eigenvalue weighted by Crippen LogP contribution is -2.56. The minimum atomic E-state index is -0.126. The predicted molar refractivity (Wildman–Crippen MR) is 117 cm³/mol. The third-order valence-corrected chi connectivity index (χ3v) is 6.76. The molecule has 1 saturated carbocycles. The van der Waals surface area contributed by atoms with E-state index in [2.05, 4.69) is 25.7 Å². The van der Waals surface area contributed by atoms with Crippen molar-refractivity contribution in [1.29, 1.82) is 0 Å². The number of carbonyl (C=O) groups excluding carboxylic acids is 2. The van der Waals surface area contributed by atoms with Crippen LogP contribution in [0.1, 0.15) is 81.9 Å². The van der Waals surface area contributed by atoms with Gasteiger partial charge in [-0.1, -0.05) is 0 Å². The molecule has 1 aromatic rings. The normalized spacial score (nSPS) is 22.3. The first kappa shape index (κ1) is 21.3. The number of rotatable bonds is 4. The van der Waals surface area contributed by atoms with Crippen LogP contribution in [-0.4, -0.2) is 81.6 Å². The van der Waals surface area contributed by atoms with Gasteiger partial charge in [0.2, 0.25) is 5.91 Å². The van der Waals surface area contributed by atoms with E-state index in [9.17, 15) is 9.59 Å². The molecule has 0 bridgehead atoms. The van der Waals surface area contributed by atoms with E-state index < -0.39 is 0 Å². The van der Waals surface area contributed by atoms with Crippen LogP contribution >= 0.6 is 0 Å². The van der Waals surface area contributed by atoms with Crippen molar-refractivity contribution in [2.75, 3.05) is 39.3 Å². The van der Waals surface area contributed by atoms with Crippen LogP contribution in [0, 0.1) is 0 Å². The van der Waals surface area contributed by atoms with Gasteiger partial charge in [0.25, 0.3) is 5.91 Å². The van der Waals surface area contributed by atoms with Crippen molar-refractivity contribution in [1.82, 2.24) is 24.5 Å². The number of carbonyl (C=O) groups is 2. The van der Waals surface area contributed by atoms with Crippen LogP contribution in [0.3, 0.4) is 0 Å². The Kier molecular flexibility index (Phi) is 5.93. The molecule has 0 aromatic carbocycles. The fourth-order valence-electron chi connectivity index (χ4n) is 4.72.